The molecule has 5 rings (SSSR count). The van der Waals surface area contributed by atoms with Crippen LogP contribution in [0.1, 0.15) is 60.5 Å². The van der Waals surface area contributed by atoms with Gasteiger partial charge in [0.25, 0.3) is 0 Å². The summed E-state index contributed by atoms with van der Waals surface area (Å²) < 4.78 is 71.8. The van der Waals surface area contributed by atoms with Gasteiger partial charge in [-0.15, -0.1) is 0 Å². The molecule has 41 heavy (non-hydrogen) atoms. The Balaban J connectivity index is 0.00000121. The van der Waals surface area contributed by atoms with Crippen molar-refractivity contribution in [3.05, 3.63) is 64.7 Å². The summed E-state index contributed by atoms with van der Waals surface area (Å²) >= 11 is 0. The predicted molar refractivity (Wildman–Crippen MR) is 142 cm³/mol. The third kappa shape index (κ3) is 8.38. The van der Waals surface area contributed by atoms with Crippen molar-refractivity contribution in [2.24, 2.45) is 0 Å². The van der Waals surface area contributed by atoms with Crippen molar-refractivity contribution < 1.29 is 41.4 Å². The highest BCUT2D eigenvalue weighted by Crippen LogP contribution is 2.31. The monoisotopic (exact) mass is 583 g/mol. The molecule has 2 heterocycles. The van der Waals surface area contributed by atoms with Gasteiger partial charge in [-0.05, 0) is 61.7 Å². The molecule has 3 fully saturated rings. The second-order valence-corrected chi connectivity index (χ2v) is 10.7. The lowest BCUT2D eigenvalue weighted by Gasteiger charge is -2.45. The first-order valence-electron chi connectivity index (χ1n) is 13.7. The molecular formula is C29H34F5N3O4. The highest BCUT2D eigenvalue weighted by molar-refractivity contribution is 5.89. The minimum atomic E-state index is -4.69. The Kier molecular flexibility index (Phi) is 9.85. The van der Waals surface area contributed by atoms with E-state index in [0.29, 0.717) is 50.8 Å². The number of carboxylic acids is 1. The number of anilines is 1. The molecule has 224 valence electrons. The Morgan fingerprint density at radius 2 is 1.78 bits per heavy atom. The number of nitrogens with zero attached hydrogens (tertiary/aromatic N) is 2. The van der Waals surface area contributed by atoms with Crippen LogP contribution in [0.5, 0.6) is 0 Å². The van der Waals surface area contributed by atoms with Gasteiger partial charge in [0.2, 0.25) is 5.91 Å². The zero-order valence-corrected chi connectivity index (χ0v) is 22.7. The maximum absolute atomic E-state index is 13.8. The first-order chi connectivity index (χ1) is 19.4. The third-order valence-corrected chi connectivity index (χ3v) is 7.34. The number of rotatable bonds is 6. The molecule has 0 spiro atoms. The van der Waals surface area contributed by atoms with Gasteiger partial charge < -0.3 is 20.1 Å². The van der Waals surface area contributed by atoms with E-state index in [9.17, 15) is 36.6 Å². The summed E-state index contributed by atoms with van der Waals surface area (Å²) in [5.74, 6) is -3.61. The van der Waals surface area contributed by atoms with Gasteiger partial charge in [-0.1, -0.05) is 19.3 Å². The largest absolute Gasteiger partial charge is 0.478 e. The summed E-state index contributed by atoms with van der Waals surface area (Å²) in [7, 11) is 0. The van der Waals surface area contributed by atoms with E-state index in [0.717, 1.165) is 18.2 Å². The van der Waals surface area contributed by atoms with Crippen LogP contribution in [0.2, 0.25) is 0 Å². The highest BCUT2D eigenvalue weighted by Gasteiger charge is 2.34. The third-order valence-electron chi connectivity index (χ3n) is 7.34. The molecule has 3 atom stereocenters. The molecule has 2 aliphatic heterocycles. The van der Waals surface area contributed by atoms with Crippen LogP contribution in [-0.4, -0.2) is 66.3 Å². The lowest BCUT2D eigenvalue weighted by Crippen LogP contribution is -2.57. The molecule has 2 saturated heterocycles. The molecule has 0 bridgehead atoms. The quantitative estimate of drug-likeness (QED) is 0.454. The second kappa shape index (κ2) is 13.2. The number of hydrogen-bond acceptors (Lipinski definition) is 5. The molecule has 2 aromatic rings. The van der Waals surface area contributed by atoms with Crippen LogP contribution in [-0.2, 0) is 22.3 Å². The first kappa shape index (κ1) is 30.7. The van der Waals surface area contributed by atoms with Crippen LogP contribution in [0.3, 0.4) is 0 Å². The van der Waals surface area contributed by atoms with Crippen molar-refractivity contribution >= 4 is 17.6 Å². The summed E-state index contributed by atoms with van der Waals surface area (Å²) in [6.45, 7) is 3.95. The average Bonchev–Trinajstić information content (AvgIpc) is 3.81. The molecule has 7 nitrogen and oxygen atoms in total. The van der Waals surface area contributed by atoms with Gasteiger partial charge in [0.15, 0.2) is 0 Å². The molecule has 1 saturated carbocycles. The summed E-state index contributed by atoms with van der Waals surface area (Å²) in [6.07, 6.45) is 0.144. The van der Waals surface area contributed by atoms with E-state index in [-0.39, 0.29) is 29.8 Å². The minimum absolute atomic E-state index is 0.00264. The lowest BCUT2D eigenvalue weighted by molar-refractivity contribution is -0.138. The molecule has 3 unspecified atom stereocenters. The van der Waals surface area contributed by atoms with Gasteiger partial charge in [0, 0.05) is 44.0 Å². The van der Waals surface area contributed by atoms with Crippen LogP contribution in [0, 0.1) is 11.6 Å². The van der Waals surface area contributed by atoms with Crippen molar-refractivity contribution in [2.75, 3.05) is 31.1 Å². The maximum Gasteiger partial charge on any atom is 0.416 e. The van der Waals surface area contributed by atoms with Crippen molar-refractivity contribution in [1.82, 2.24) is 10.2 Å². The number of ether oxygens (including phenoxy) is 1. The van der Waals surface area contributed by atoms with Crippen LogP contribution >= 0.6 is 0 Å². The van der Waals surface area contributed by atoms with E-state index in [4.69, 9.17) is 4.74 Å². The van der Waals surface area contributed by atoms with E-state index in [2.05, 4.69) is 10.2 Å². The number of aromatic carboxylic acids is 1. The minimum Gasteiger partial charge on any atom is -0.478 e. The summed E-state index contributed by atoms with van der Waals surface area (Å²) in [5.41, 5.74) is -0.856. The highest BCUT2D eigenvalue weighted by atomic mass is 19.4. The summed E-state index contributed by atoms with van der Waals surface area (Å²) in [5, 5.41) is 11.7. The number of nitrogens with one attached hydrogen (secondary N) is 1. The Morgan fingerprint density at radius 1 is 1.05 bits per heavy atom. The van der Waals surface area contributed by atoms with Crippen molar-refractivity contribution in [3.8, 4) is 0 Å². The van der Waals surface area contributed by atoms with Gasteiger partial charge in [0.1, 0.15) is 17.7 Å². The van der Waals surface area contributed by atoms with E-state index in [1.165, 1.54) is 25.3 Å². The summed E-state index contributed by atoms with van der Waals surface area (Å²) in [4.78, 5) is 28.1. The average molecular weight is 584 g/mol. The van der Waals surface area contributed by atoms with Gasteiger partial charge in [0.05, 0.1) is 17.7 Å². The maximum atomic E-state index is 13.8. The lowest BCUT2D eigenvalue weighted by atomic mass is 10.0. The number of carboxylic acid groups (broad SMARTS) is 1. The van der Waals surface area contributed by atoms with Gasteiger partial charge in [-0.2, -0.15) is 13.2 Å². The fourth-order valence-electron chi connectivity index (χ4n) is 5.01. The molecule has 1 amide bonds. The second-order valence-electron chi connectivity index (χ2n) is 10.7. The number of benzene rings is 2. The Morgan fingerprint density at radius 3 is 2.37 bits per heavy atom. The number of carbonyl (C=O) groups excluding carboxylic acids is 1. The van der Waals surface area contributed by atoms with Crippen molar-refractivity contribution in [2.45, 2.75) is 69.9 Å². The standard InChI is InChI=1S/C26H28F5N3O4.C3H6/c1-15-13-33(6-7-34(15)19-2-4-22(28)21(11-19)25(36)37)20-3-5-23(38-14-20)24(35)32-12-16-8-17(26(29,30)31)10-18(27)9-16;1-2-3-1/h2,4,8-11,15,20,23H,3,5-7,12-14H2,1H3,(H,32,35)(H,36,37);1-3H2. The molecule has 0 radical (unpaired) electrons. The van der Waals surface area contributed by atoms with Crippen LogP contribution in [0.15, 0.2) is 36.4 Å². The van der Waals surface area contributed by atoms with Gasteiger partial charge in [-0.25, -0.2) is 13.6 Å². The first-order valence-corrected chi connectivity index (χ1v) is 13.7. The summed E-state index contributed by atoms with van der Waals surface area (Å²) in [6, 6.07) is 6.29. The van der Waals surface area contributed by atoms with Gasteiger partial charge in [-0.3, -0.25) is 9.69 Å². The molecule has 0 aromatic heterocycles. The molecule has 12 heteroatoms. The van der Waals surface area contributed by atoms with Crippen LogP contribution in [0.25, 0.3) is 0 Å². The Hall–Kier alpha value is -3.25. The van der Waals surface area contributed by atoms with E-state index >= 15 is 0 Å². The van der Waals surface area contributed by atoms with E-state index in [1.54, 1.807) is 6.07 Å². The van der Waals surface area contributed by atoms with E-state index < -0.39 is 41.4 Å². The molecule has 2 N–H and O–H groups in total. The predicted octanol–water partition coefficient (Wildman–Crippen LogP) is 5.23. The van der Waals surface area contributed by atoms with Crippen LogP contribution < -0.4 is 10.2 Å². The Bertz CT molecular complexity index is 1230. The number of carbonyl (C=O) groups is 2. The fraction of sp³-hybridized carbons (Fsp3) is 0.517. The SMILES string of the molecule is C1CC1.CC1CN(C2CCC(C(=O)NCc3cc(F)cc(C(F)(F)F)c3)OC2)CCN1c1ccc(F)c(C(=O)O)c1. The van der Waals surface area contributed by atoms with Crippen LogP contribution in [0.4, 0.5) is 27.6 Å². The molecule has 2 aromatic carbocycles. The normalized spacial score (nSPS) is 22.9. The number of halogens is 5. The Labute approximate surface area is 235 Å². The zero-order valence-electron chi connectivity index (χ0n) is 22.7. The topological polar surface area (TPSA) is 82.1 Å². The van der Waals surface area contributed by atoms with E-state index in [1.807, 2.05) is 11.8 Å². The fourth-order valence-corrected chi connectivity index (χ4v) is 5.01. The molecular weight excluding hydrogens is 549 g/mol. The number of alkyl halides is 3. The number of hydrogen-bond donors (Lipinski definition) is 2. The molecule has 1 aliphatic carbocycles. The van der Waals surface area contributed by atoms with Crippen molar-refractivity contribution in [1.29, 1.82) is 0 Å². The smallest absolute Gasteiger partial charge is 0.416 e. The molecule has 3 aliphatic rings. The van der Waals surface area contributed by atoms with Gasteiger partial charge >= 0.3 is 12.1 Å². The zero-order chi connectivity index (χ0) is 29.7. The van der Waals surface area contributed by atoms with Crippen molar-refractivity contribution in [3.63, 3.8) is 0 Å². The number of amides is 1. The number of piperazine rings is 1.